The lowest BCUT2D eigenvalue weighted by Crippen LogP contribution is -2.28. The number of benzene rings is 4. The van der Waals surface area contributed by atoms with Crippen molar-refractivity contribution in [1.82, 2.24) is 4.90 Å². The normalized spacial score (nSPS) is 11.2. The number of hydrogen-bond donors (Lipinski definition) is 1. The average molecular weight is 848 g/mol. The number of ether oxygens (including phenoxy) is 1. The molecule has 0 aliphatic rings. The van der Waals surface area contributed by atoms with E-state index in [1.807, 2.05) is 19.1 Å². The number of phenolic OH excluding ortho intramolecular Hbond substituents is 1. The molecule has 4 aromatic carbocycles. The predicted octanol–water partition coefficient (Wildman–Crippen LogP) is 12.2. The SMILES string of the molecule is CCCCc1oc2ccc([N+](=O)[O-])cc2c1C(=O)c1ccc(O)cc1.CCCCc1oc2ccc([N+](=O)[O-])cc2c1C(=O)c1ccc(OCCCN(CCCC)CCCC)cc1. The van der Waals surface area contributed by atoms with E-state index in [1.54, 1.807) is 18.2 Å². The second-order valence-electron chi connectivity index (χ2n) is 15.4. The van der Waals surface area contributed by atoms with Gasteiger partial charge in [0.2, 0.25) is 0 Å². The molecule has 6 aromatic rings. The quantitative estimate of drug-likeness (QED) is 0.0280. The van der Waals surface area contributed by atoms with Crippen molar-refractivity contribution in [3.63, 3.8) is 0 Å². The molecule has 0 amide bonds. The van der Waals surface area contributed by atoms with Crippen molar-refractivity contribution in [2.24, 2.45) is 0 Å². The molecule has 0 fully saturated rings. The van der Waals surface area contributed by atoms with Crippen LogP contribution >= 0.6 is 0 Å². The predicted molar refractivity (Wildman–Crippen MR) is 241 cm³/mol. The standard InChI is InChI=1S/C30H40N2O5.C19H17NO5/c1-4-7-11-28-29(26-22-24(32(34)35)14-17-27(26)37-28)30(33)23-12-15-25(16-13-23)36-21-10-20-31(18-8-5-2)19-9-6-3;1-2-3-4-17-18(19(22)12-5-8-14(21)9-6-12)15-11-13(20(23)24)7-10-16(15)25-17/h12-17,22H,4-11,18-21H2,1-3H3;5-11,21H,2-4H2,1H3. The Balaban J connectivity index is 0.000000252. The van der Waals surface area contributed by atoms with Crippen LogP contribution in [0.2, 0.25) is 0 Å². The number of aromatic hydroxyl groups is 1. The molecule has 0 unspecified atom stereocenters. The molecule has 0 aliphatic heterocycles. The summed E-state index contributed by atoms with van der Waals surface area (Å²) in [4.78, 5) is 50.5. The van der Waals surface area contributed by atoms with Gasteiger partial charge in [-0.2, -0.15) is 0 Å². The van der Waals surface area contributed by atoms with Gasteiger partial charge in [0.1, 0.15) is 34.2 Å². The molecular weight excluding hydrogens is 791 g/mol. The number of phenols is 1. The fraction of sp³-hybridized carbons (Fsp3) is 0.388. The van der Waals surface area contributed by atoms with Gasteiger partial charge in [-0.1, -0.05) is 53.4 Å². The van der Waals surface area contributed by atoms with E-state index in [0.717, 1.165) is 57.5 Å². The van der Waals surface area contributed by atoms with E-state index in [9.17, 15) is 34.9 Å². The monoisotopic (exact) mass is 847 g/mol. The third-order valence-electron chi connectivity index (χ3n) is 10.7. The van der Waals surface area contributed by atoms with Crippen molar-refractivity contribution in [3.05, 3.63) is 139 Å². The summed E-state index contributed by atoms with van der Waals surface area (Å²) in [5.41, 5.74) is 2.48. The Hall–Kier alpha value is -6.34. The molecule has 2 aromatic heterocycles. The molecule has 0 radical (unpaired) electrons. The van der Waals surface area contributed by atoms with Gasteiger partial charge < -0.3 is 23.6 Å². The van der Waals surface area contributed by atoms with Crippen molar-refractivity contribution in [2.75, 3.05) is 26.2 Å². The molecule has 0 aliphatic carbocycles. The summed E-state index contributed by atoms with van der Waals surface area (Å²) < 4.78 is 17.7. The summed E-state index contributed by atoms with van der Waals surface area (Å²) in [7, 11) is 0. The minimum Gasteiger partial charge on any atom is -0.508 e. The van der Waals surface area contributed by atoms with Crippen molar-refractivity contribution >= 4 is 44.9 Å². The van der Waals surface area contributed by atoms with Crippen LogP contribution in [0.15, 0.2) is 93.8 Å². The molecular formula is C49H57N3O10. The molecule has 62 heavy (non-hydrogen) atoms. The van der Waals surface area contributed by atoms with E-state index in [1.165, 1.54) is 80.3 Å². The van der Waals surface area contributed by atoms with Crippen molar-refractivity contribution in [1.29, 1.82) is 0 Å². The van der Waals surface area contributed by atoms with Crippen LogP contribution in [0.1, 0.15) is 129 Å². The highest BCUT2D eigenvalue weighted by Crippen LogP contribution is 2.34. The van der Waals surface area contributed by atoms with Gasteiger partial charge in [0.25, 0.3) is 11.4 Å². The van der Waals surface area contributed by atoms with Crippen molar-refractivity contribution in [3.8, 4) is 11.5 Å². The zero-order valence-corrected chi connectivity index (χ0v) is 36.2. The number of rotatable bonds is 23. The molecule has 0 atom stereocenters. The molecule has 13 heteroatoms. The highest BCUT2D eigenvalue weighted by atomic mass is 16.6. The Labute approximate surface area is 362 Å². The number of fused-ring (bicyclic) bond motifs is 2. The first-order valence-electron chi connectivity index (χ1n) is 21.7. The number of carbonyl (C=O) groups excluding carboxylic acids is 2. The second-order valence-corrected chi connectivity index (χ2v) is 15.4. The minimum absolute atomic E-state index is 0.0592. The van der Waals surface area contributed by atoms with Crippen LogP contribution in [0.4, 0.5) is 11.4 Å². The summed E-state index contributed by atoms with van der Waals surface area (Å²) in [6.45, 7) is 12.5. The smallest absolute Gasteiger partial charge is 0.270 e. The van der Waals surface area contributed by atoms with Gasteiger partial charge in [0.15, 0.2) is 11.6 Å². The lowest BCUT2D eigenvalue weighted by atomic mass is 9.98. The molecule has 1 N–H and O–H groups in total. The lowest BCUT2D eigenvalue weighted by molar-refractivity contribution is -0.384. The first-order chi connectivity index (χ1) is 30.0. The van der Waals surface area contributed by atoms with Crippen molar-refractivity contribution < 1.29 is 38.1 Å². The van der Waals surface area contributed by atoms with E-state index in [2.05, 4.69) is 25.7 Å². The lowest BCUT2D eigenvalue weighted by Gasteiger charge is -2.21. The molecule has 328 valence electrons. The van der Waals surface area contributed by atoms with Crippen LogP contribution in [-0.4, -0.2) is 57.7 Å². The molecule has 2 heterocycles. The fourth-order valence-electron chi connectivity index (χ4n) is 7.21. The first kappa shape index (κ1) is 46.7. The first-order valence-corrected chi connectivity index (χ1v) is 21.7. The number of furan rings is 2. The van der Waals surface area contributed by atoms with Crippen LogP contribution in [0.3, 0.4) is 0 Å². The zero-order chi connectivity index (χ0) is 44.6. The Morgan fingerprint density at radius 1 is 0.597 bits per heavy atom. The molecule has 13 nitrogen and oxygen atoms in total. The third kappa shape index (κ3) is 12.2. The minimum atomic E-state index is -0.493. The number of carbonyl (C=O) groups is 2. The maximum atomic E-state index is 13.5. The number of unbranched alkanes of at least 4 members (excludes halogenated alkanes) is 4. The zero-order valence-electron chi connectivity index (χ0n) is 36.2. The van der Waals surface area contributed by atoms with Gasteiger partial charge >= 0.3 is 0 Å². The molecule has 6 rings (SSSR count). The Bertz CT molecular complexity index is 2430. The van der Waals surface area contributed by atoms with Gasteiger partial charge in [0.05, 0.1) is 27.6 Å². The highest BCUT2D eigenvalue weighted by Gasteiger charge is 2.25. The van der Waals surface area contributed by atoms with E-state index in [0.29, 0.717) is 75.2 Å². The summed E-state index contributed by atoms with van der Waals surface area (Å²) in [6, 6.07) is 21.7. The largest absolute Gasteiger partial charge is 0.508 e. The van der Waals surface area contributed by atoms with Gasteiger partial charge in [-0.15, -0.1) is 0 Å². The van der Waals surface area contributed by atoms with Crippen LogP contribution in [-0.2, 0) is 12.8 Å². The third-order valence-corrected chi connectivity index (χ3v) is 10.7. The van der Waals surface area contributed by atoms with Crippen LogP contribution in [0.5, 0.6) is 11.5 Å². The van der Waals surface area contributed by atoms with Crippen LogP contribution in [0.25, 0.3) is 21.9 Å². The highest BCUT2D eigenvalue weighted by molar-refractivity contribution is 6.18. The fourth-order valence-corrected chi connectivity index (χ4v) is 7.21. The van der Waals surface area contributed by atoms with Crippen LogP contribution < -0.4 is 4.74 Å². The average Bonchev–Trinajstić information content (AvgIpc) is 3.84. The number of ketones is 2. The maximum Gasteiger partial charge on any atom is 0.270 e. The summed E-state index contributed by atoms with van der Waals surface area (Å²) in [5.74, 6) is 1.44. The van der Waals surface area contributed by atoms with Gasteiger partial charge in [-0.25, -0.2) is 0 Å². The van der Waals surface area contributed by atoms with E-state index >= 15 is 0 Å². The topological polar surface area (TPSA) is 179 Å². The second kappa shape index (κ2) is 23.0. The summed E-state index contributed by atoms with van der Waals surface area (Å²) >= 11 is 0. The molecule has 0 spiro atoms. The van der Waals surface area contributed by atoms with Gasteiger partial charge in [-0.3, -0.25) is 29.8 Å². The van der Waals surface area contributed by atoms with Gasteiger partial charge in [-0.05, 0) is 106 Å². The number of nitro benzene ring substituents is 2. The number of nitrogens with zero attached hydrogens (tertiary/aromatic N) is 3. The van der Waals surface area contributed by atoms with E-state index in [-0.39, 0.29) is 28.7 Å². The molecule has 0 saturated heterocycles. The van der Waals surface area contributed by atoms with Crippen molar-refractivity contribution in [2.45, 2.75) is 98.3 Å². The maximum absolute atomic E-state index is 13.5. The summed E-state index contributed by atoms with van der Waals surface area (Å²) in [5, 5.41) is 32.7. The van der Waals surface area contributed by atoms with E-state index < -0.39 is 9.85 Å². The summed E-state index contributed by atoms with van der Waals surface area (Å²) in [6.07, 6.45) is 10.6. The molecule has 0 saturated carbocycles. The van der Waals surface area contributed by atoms with Crippen LogP contribution in [0, 0.1) is 20.2 Å². The molecule has 0 bridgehead atoms. The number of nitro groups is 2. The Kier molecular flexibility index (Phi) is 17.4. The Morgan fingerprint density at radius 3 is 1.44 bits per heavy atom. The number of aryl methyl sites for hydroxylation is 2. The Morgan fingerprint density at radius 2 is 1.02 bits per heavy atom. The number of hydrogen-bond acceptors (Lipinski definition) is 11. The van der Waals surface area contributed by atoms with E-state index in [4.69, 9.17) is 13.6 Å². The van der Waals surface area contributed by atoms with Gasteiger partial charge in [0, 0.05) is 65.6 Å². The number of non-ortho nitro benzene ring substituents is 2.